The minimum atomic E-state index is -0.178. The van der Waals surface area contributed by atoms with E-state index in [0.717, 1.165) is 17.7 Å². The SMILES string of the molecule is O=C(Nc1nc2c(s1)C(=O)CC(c1ccccc1)C2)c1cccs1. The number of nitrogens with zero attached hydrogens (tertiary/aromatic N) is 1. The van der Waals surface area contributed by atoms with Crippen LogP contribution in [0.4, 0.5) is 5.13 Å². The van der Waals surface area contributed by atoms with Crippen molar-refractivity contribution in [3.05, 3.63) is 68.9 Å². The maximum atomic E-state index is 12.5. The molecule has 2 aromatic heterocycles. The molecule has 1 aliphatic carbocycles. The first-order valence-corrected chi connectivity index (χ1v) is 9.33. The molecule has 2 heterocycles. The number of hydrogen-bond acceptors (Lipinski definition) is 5. The summed E-state index contributed by atoms with van der Waals surface area (Å²) >= 11 is 2.66. The Hall–Kier alpha value is -2.31. The molecule has 0 spiro atoms. The van der Waals surface area contributed by atoms with Crippen LogP contribution in [0.2, 0.25) is 0 Å². The Morgan fingerprint density at radius 1 is 1.12 bits per heavy atom. The number of Topliss-reactive ketones (excluding diaryl/α,β-unsaturated/α-hetero) is 1. The molecule has 120 valence electrons. The molecule has 4 nitrogen and oxygen atoms in total. The van der Waals surface area contributed by atoms with Gasteiger partial charge in [0.05, 0.1) is 15.4 Å². The van der Waals surface area contributed by atoms with Crippen LogP contribution >= 0.6 is 22.7 Å². The number of nitrogens with one attached hydrogen (secondary N) is 1. The zero-order valence-electron chi connectivity index (χ0n) is 12.7. The third-order valence-corrected chi connectivity index (χ3v) is 5.98. The predicted molar refractivity (Wildman–Crippen MR) is 96.2 cm³/mol. The lowest BCUT2D eigenvalue weighted by Crippen LogP contribution is -2.17. The maximum Gasteiger partial charge on any atom is 0.267 e. The number of benzene rings is 1. The number of fused-ring (bicyclic) bond motifs is 1. The molecule has 1 atom stereocenters. The lowest BCUT2D eigenvalue weighted by molar-refractivity contribution is 0.0967. The van der Waals surface area contributed by atoms with Gasteiger partial charge in [-0.25, -0.2) is 4.98 Å². The molecule has 1 aliphatic rings. The van der Waals surface area contributed by atoms with Crippen molar-refractivity contribution in [2.45, 2.75) is 18.8 Å². The standard InChI is InChI=1S/C18H14N2O2S2/c21-14-10-12(11-5-2-1-3-6-11)9-13-16(14)24-18(19-13)20-17(22)15-7-4-8-23-15/h1-8,12H,9-10H2,(H,19,20,22). The van der Waals surface area contributed by atoms with Crippen molar-refractivity contribution in [2.24, 2.45) is 0 Å². The Labute approximate surface area is 147 Å². The molecular formula is C18H14N2O2S2. The van der Waals surface area contributed by atoms with Crippen molar-refractivity contribution in [1.29, 1.82) is 0 Å². The van der Waals surface area contributed by atoms with Gasteiger partial charge in [0.2, 0.25) is 0 Å². The molecule has 1 N–H and O–H groups in total. The fraction of sp³-hybridized carbons (Fsp3) is 0.167. The van der Waals surface area contributed by atoms with E-state index >= 15 is 0 Å². The molecule has 0 bridgehead atoms. The van der Waals surface area contributed by atoms with Crippen LogP contribution in [0.1, 0.15) is 42.9 Å². The molecule has 0 aliphatic heterocycles. The number of anilines is 1. The monoisotopic (exact) mass is 354 g/mol. The van der Waals surface area contributed by atoms with Crippen LogP contribution in [0, 0.1) is 0 Å². The van der Waals surface area contributed by atoms with E-state index in [4.69, 9.17) is 0 Å². The molecule has 4 rings (SSSR count). The zero-order valence-corrected chi connectivity index (χ0v) is 14.3. The van der Waals surface area contributed by atoms with Gasteiger partial charge in [-0.3, -0.25) is 14.9 Å². The quantitative estimate of drug-likeness (QED) is 0.760. The third-order valence-electron chi connectivity index (χ3n) is 4.06. The van der Waals surface area contributed by atoms with E-state index < -0.39 is 0 Å². The summed E-state index contributed by atoms with van der Waals surface area (Å²) in [5.74, 6) is 0.0940. The molecule has 24 heavy (non-hydrogen) atoms. The first-order chi connectivity index (χ1) is 11.7. The van der Waals surface area contributed by atoms with Gasteiger partial charge in [-0.2, -0.15) is 0 Å². The second-order valence-corrected chi connectivity index (χ2v) is 7.61. The van der Waals surface area contributed by atoms with Gasteiger partial charge < -0.3 is 0 Å². The number of amides is 1. The predicted octanol–water partition coefficient (Wildman–Crippen LogP) is 4.37. The topological polar surface area (TPSA) is 59.1 Å². The first-order valence-electron chi connectivity index (χ1n) is 7.63. The molecule has 3 aromatic rings. The summed E-state index contributed by atoms with van der Waals surface area (Å²) in [7, 11) is 0. The van der Waals surface area contributed by atoms with Crippen LogP contribution in [0.3, 0.4) is 0 Å². The highest BCUT2D eigenvalue weighted by molar-refractivity contribution is 7.18. The Kier molecular flexibility index (Phi) is 4.00. The zero-order chi connectivity index (χ0) is 16.5. The van der Waals surface area contributed by atoms with Crippen LogP contribution in [0.5, 0.6) is 0 Å². The second-order valence-electron chi connectivity index (χ2n) is 5.67. The summed E-state index contributed by atoms with van der Waals surface area (Å²) in [6.45, 7) is 0. The number of aromatic nitrogens is 1. The Bertz CT molecular complexity index is 885. The van der Waals surface area contributed by atoms with E-state index in [1.807, 2.05) is 29.6 Å². The van der Waals surface area contributed by atoms with E-state index in [2.05, 4.69) is 22.4 Å². The van der Waals surface area contributed by atoms with Crippen LogP contribution in [-0.4, -0.2) is 16.7 Å². The Morgan fingerprint density at radius 2 is 1.96 bits per heavy atom. The highest BCUT2D eigenvalue weighted by Gasteiger charge is 2.30. The van der Waals surface area contributed by atoms with Gasteiger partial charge in [0.1, 0.15) is 0 Å². The van der Waals surface area contributed by atoms with Gasteiger partial charge in [0.15, 0.2) is 10.9 Å². The highest BCUT2D eigenvalue weighted by atomic mass is 32.1. The van der Waals surface area contributed by atoms with E-state index in [1.54, 1.807) is 6.07 Å². The summed E-state index contributed by atoms with van der Waals surface area (Å²) in [4.78, 5) is 30.4. The molecule has 1 unspecified atom stereocenters. The molecule has 0 saturated carbocycles. The molecule has 6 heteroatoms. The van der Waals surface area contributed by atoms with Crippen LogP contribution in [0.15, 0.2) is 47.8 Å². The molecule has 0 saturated heterocycles. The van der Waals surface area contributed by atoms with E-state index in [1.165, 1.54) is 22.7 Å². The second kappa shape index (κ2) is 6.30. The molecular weight excluding hydrogens is 340 g/mol. The van der Waals surface area contributed by atoms with Crippen molar-refractivity contribution in [3.63, 3.8) is 0 Å². The fourth-order valence-electron chi connectivity index (χ4n) is 2.91. The Balaban J connectivity index is 1.56. The van der Waals surface area contributed by atoms with Crippen molar-refractivity contribution in [3.8, 4) is 0 Å². The summed E-state index contributed by atoms with van der Waals surface area (Å²) in [5.41, 5.74) is 1.96. The first kappa shape index (κ1) is 15.2. The minimum Gasteiger partial charge on any atom is -0.297 e. The van der Waals surface area contributed by atoms with Crippen molar-refractivity contribution in [2.75, 3.05) is 5.32 Å². The number of ketones is 1. The normalized spacial score (nSPS) is 16.7. The average molecular weight is 354 g/mol. The summed E-state index contributed by atoms with van der Waals surface area (Å²) in [5, 5.41) is 5.16. The highest BCUT2D eigenvalue weighted by Crippen LogP contribution is 2.36. The van der Waals surface area contributed by atoms with E-state index in [-0.39, 0.29) is 17.6 Å². The van der Waals surface area contributed by atoms with Gasteiger partial charge in [-0.1, -0.05) is 47.7 Å². The van der Waals surface area contributed by atoms with Crippen LogP contribution in [-0.2, 0) is 6.42 Å². The molecule has 0 fully saturated rings. The summed E-state index contributed by atoms with van der Waals surface area (Å²) in [6.07, 6.45) is 1.23. The summed E-state index contributed by atoms with van der Waals surface area (Å²) in [6, 6.07) is 13.7. The van der Waals surface area contributed by atoms with E-state index in [9.17, 15) is 9.59 Å². The molecule has 1 aromatic carbocycles. The van der Waals surface area contributed by atoms with Crippen LogP contribution in [0.25, 0.3) is 0 Å². The minimum absolute atomic E-state index is 0.110. The van der Waals surface area contributed by atoms with Gasteiger partial charge in [0.25, 0.3) is 5.91 Å². The van der Waals surface area contributed by atoms with Crippen molar-refractivity contribution in [1.82, 2.24) is 4.98 Å². The molecule has 0 radical (unpaired) electrons. The number of thiazole rings is 1. The summed E-state index contributed by atoms with van der Waals surface area (Å²) < 4.78 is 0. The lowest BCUT2D eigenvalue weighted by atomic mass is 9.85. The van der Waals surface area contributed by atoms with Crippen molar-refractivity contribution >= 4 is 39.5 Å². The van der Waals surface area contributed by atoms with Gasteiger partial charge in [-0.15, -0.1) is 11.3 Å². The third kappa shape index (κ3) is 2.90. The molecule has 1 amide bonds. The van der Waals surface area contributed by atoms with Gasteiger partial charge in [0, 0.05) is 6.42 Å². The number of rotatable bonds is 3. The number of carbonyl (C=O) groups excluding carboxylic acids is 2. The van der Waals surface area contributed by atoms with Gasteiger partial charge >= 0.3 is 0 Å². The van der Waals surface area contributed by atoms with Crippen LogP contribution < -0.4 is 5.32 Å². The fourth-order valence-corrected chi connectivity index (χ4v) is 4.47. The number of thiophene rings is 1. The number of carbonyl (C=O) groups is 2. The maximum absolute atomic E-state index is 12.5. The lowest BCUT2D eigenvalue weighted by Gasteiger charge is -2.20. The van der Waals surface area contributed by atoms with Gasteiger partial charge in [-0.05, 0) is 29.3 Å². The average Bonchev–Trinajstić information content (AvgIpc) is 3.25. The largest absolute Gasteiger partial charge is 0.297 e. The number of hydrogen-bond donors (Lipinski definition) is 1. The Morgan fingerprint density at radius 3 is 2.71 bits per heavy atom. The van der Waals surface area contributed by atoms with Crippen molar-refractivity contribution < 1.29 is 9.59 Å². The smallest absolute Gasteiger partial charge is 0.267 e. The van der Waals surface area contributed by atoms with E-state index in [0.29, 0.717) is 21.3 Å².